The molecule has 1 unspecified atom stereocenters. The lowest BCUT2D eigenvalue weighted by atomic mass is 9.96. The van der Waals surface area contributed by atoms with Crippen molar-refractivity contribution >= 4 is 33.5 Å². The number of nitrogens with one attached hydrogen (secondary N) is 3. The first kappa shape index (κ1) is 19.3. The number of rotatable bonds is 4. The fraction of sp³-hybridized carbons (Fsp3) is 0.571. The average Bonchev–Trinajstić information content (AvgIpc) is 3.13. The molecule has 6 nitrogen and oxygen atoms in total. The summed E-state index contributed by atoms with van der Waals surface area (Å²) in [5, 5.41) is 6.61. The lowest BCUT2D eigenvalue weighted by Crippen LogP contribution is -3.14. The highest BCUT2D eigenvalue weighted by Crippen LogP contribution is 2.28. The fourth-order valence-electron chi connectivity index (χ4n) is 4.47. The number of amides is 3. The molecule has 3 N–H and O–H groups in total. The lowest BCUT2D eigenvalue weighted by Gasteiger charge is -2.30. The van der Waals surface area contributed by atoms with Crippen LogP contribution in [-0.4, -0.2) is 36.1 Å². The summed E-state index contributed by atoms with van der Waals surface area (Å²) in [5.74, 6) is -0.198. The maximum Gasteiger partial charge on any atom is 0.321 e. The minimum atomic E-state index is -0.343. The molecule has 0 spiro atoms. The summed E-state index contributed by atoms with van der Waals surface area (Å²) in [6.07, 6.45) is 8.88. The Morgan fingerprint density at radius 2 is 1.86 bits per heavy atom. The van der Waals surface area contributed by atoms with Gasteiger partial charge in [-0.3, -0.25) is 10.1 Å². The van der Waals surface area contributed by atoms with Crippen LogP contribution in [0, 0.1) is 0 Å². The van der Waals surface area contributed by atoms with Gasteiger partial charge in [-0.05, 0) is 37.8 Å². The summed E-state index contributed by atoms with van der Waals surface area (Å²) in [6.45, 7) is 1.26. The minimum absolute atomic E-state index is 0.198. The maximum atomic E-state index is 12.5. The predicted molar refractivity (Wildman–Crippen MR) is 110 cm³/mol. The number of aromatic nitrogens is 1. The number of hydrogen-bond acceptors (Lipinski definition) is 4. The molecular formula is C21H29N4O2S+. The number of thiazole rings is 1. The summed E-state index contributed by atoms with van der Waals surface area (Å²) < 4.78 is 1.19. The Kier molecular flexibility index (Phi) is 6.22. The molecule has 28 heavy (non-hydrogen) atoms. The molecule has 150 valence electrons. The number of likely N-dealkylation sites (tertiary alicyclic amines) is 1. The Hall–Kier alpha value is -1.99. The van der Waals surface area contributed by atoms with Crippen molar-refractivity contribution in [1.29, 1.82) is 0 Å². The van der Waals surface area contributed by atoms with Crippen molar-refractivity contribution in [1.82, 2.24) is 15.6 Å². The van der Waals surface area contributed by atoms with Crippen LogP contribution < -0.4 is 15.5 Å². The van der Waals surface area contributed by atoms with Gasteiger partial charge in [0.1, 0.15) is 6.04 Å². The summed E-state index contributed by atoms with van der Waals surface area (Å²) in [4.78, 5) is 30.7. The Morgan fingerprint density at radius 1 is 1.07 bits per heavy atom. The molecule has 1 aliphatic heterocycles. The van der Waals surface area contributed by atoms with Crippen LogP contribution in [-0.2, 0) is 4.79 Å². The van der Waals surface area contributed by atoms with Crippen LogP contribution in [0.4, 0.5) is 4.79 Å². The number of benzene rings is 1. The third-order valence-electron chi connectivity index (χ3n) is 5.92. The van der Waals surface area contributed by atoms with Crippen molar-refractivity contribution in [2.75, 3.05) is 13.1 Å². The van der Waals surface area contributed by atoms with Gasteiger partial charge < -0.3 is 10.2 Å². The topological polar surface area (TPSA) is 75.5 Å². The maximum absolute atomic E-state index is 12.5. The second-order valence-corrected chi connectivity index (χ2v) is 9.07. The number of piperidine rings is 1. The summed E-state index contributed by atoms with van der Waals surface area (Å²) in [5.41, 5.74) is 1.03. The van der Waals surface area contributed by atoms with E-state index in [0.717, 1.165) is 62.0 Å². The second kappa shape index (κ2) is 9.01. The third-order valence-corrected chi connectivity index (χ3v) is 7.07. The highest BCUT2D eigenvalue weighted by atomic mass is 32.1. The van der Waals surface area contributed by atoms with Crippen molar-refractivity contribution in [3.05, 3.63) is 29.3 Å². The van der Waals surface area contributed by atoms with Gasteiger partial charge in [-0.1, -0.05) is 31.4 Å². The first-order valence-electron chi connectivity index (χ1n) is 10.5. The van der Waals surface area contributed by atoms with Gasteiger partial charge in [0, 0.05) is 12.5 Å². The molecule has 2 atom stereocenters. The molecule has 2 aromatic rings. The molecule has 0 bridgehead atoms. The quantitative estimate of drug-likeness (QED) is 0.737. The van der Waals surface area contributed by atoms with Crippen molar-refractivity contribution in [2.45, 2.75) is 63.5 Å². The number of quaternary nitrogens is 1. The molecule has 2 aliphatic rings. The zero-order valence-electron chi connectivity index (χ0n) is 16.2. The van der Waals surface area contributed by atoms with E-state index in [0.29, 0.717) is 6.54 Å². The standard InChI is InChI=1S/C21H28N4O2S/c26-19(24-21(27)22-15-8-2-1-3-9-15)14-25-13-7-6-11-17(25)20-23-16-10-4-5-12-18(16)28-20/h4-5,10,12,15,17H,1-3,6-9,11,13-14H2,(H2,22,24,26,27)/p+1/t17-/m1/s1. The van der Waals surface area contributed by atoms with Crippen molar-refractivity contribution in [3.8, 4) is 0 Å². The molecule has 2 fully saturated rings. The largest absolute Gasteiger partial charge is 0.335 e. The first-order valence-corrected chi connectivity index (χ1v) is 11.3. The Bertz CT molecular complexity index is 798. The minimum Gasteiger partial charge on any atom is -0.335 e. The van der Waals surface area contributed by atoms with Crippen LogP contribution in [0.25, 0.3) is 10.2 Å². The average molecular weight is 402 g/mol. The van der Waals surface area contributed by atoms with E-state index < -0.39 is 0 Å². The number of hydrogen-bond donors (Lipinski definition) is 3. The van der Waals surface area contributed by atoms with E-state index in [1.54, 1.807) is 11.3 Å². The van der Waals surface area contributed by atoms with E-state index in [1.165, 1.54) is 16.0 Å². The normalized spacial score (nSPS) is 23.4. The summed E-state index contributed by atoms with van der Waals surface area (Å²) in [7, 11) is 0. The first-order chi connectivity index (χ1) is 13.7. The molecule has 2 heterocycles. The van der Waals surface area contributed by atoms with Crippen molar-refractivity contribution in [2.24, 2.45) is 0 Å². The molecule has 1 saturated carbocycles. The molecule has 1 saturated heterocycles. The van der Waals surface area contributed by atoms with Gasteiger partial charge in [0.05, 0.1) is 16.8 Å². The SMILES string of the molecule is O=C(C[NH+]1CCCC[C@@H]1c1nc2ccccc2s1)NC(=O)NC1CCCCC1. The molecular weight excluding hydrogens is 372 g/mol. The molecule has 1 aromatic heterocycles. The number of imide groups is 1. The van der Waals surface area contributed by atoms with E-state index in [9.17, 15) is 9.59 Å². The van der Waals surface area contributed by atoms with Crippen LogP contribution in [0.1, 0.15) is 62.4 Å². The zero-order valence-corrected chi connectivity index (χ0v) is 17.0. The zero-order chi connectivity index (χ0) is 19.3. The highest BCUT2D eigenvalue weighted by Gasteiger charge is 2.32. The molecule has 3 amide bonds. The van der Waals surface area contributed by atoms with Crippen LogP contribution in [0.2, 0.25) is 0 Å². The van der Waals surface area contributed by atoms with E-state index in [4.69, 9.17) is 4.98 Å². The molecule has 1 aromatic carbocycles. The Labute approximate surface area is 169 Å². The molecule has 0 radical (unpaired) electrons. The van der Waals surface area contributed by atoms with Crippen LogP contribution in [0.3, 0.4) is 0 Å². The number of carbonyl (C=O) groups is 2. The smallest absolute Gasteiger partial charge is 0.321 e. The molecule has 4 rings (SSSR count). The van der Waals surface area contributed by atoms with Crippen LogP contribution in [0.15, 0.2) is 24.3 Å². The molecule has 1 aliphatic carbocycles. The van der Waals surface area contributed by atoms with E-state index >= 15 is 0 Å². The number of fused-ring (bicyclic) bond motifs is 1. The van der Waals surface area contributed by atoms with Gasteiger partial charge in [-0.2, -0.15) is 0 Å². The van der Waals surface area contributed by atoms with Gasteiger partial charge >= 0.3 is 6.03 Å². The summed E-state index contributed by atoms with van der Waals surface area (Å²) >= 11 is 1.73. The van der Waals surface area contributed by atoms with Gasteiger partial charge in [0.25, 0.3) is 5.91 Å². The van der Waals surface area contributed by atoms with Crippen molar-refractivity contribution < 1.29 is 14.5 Å². The summed E-state index contributed by atoms with van der Waals surface area (Å²) in [6, 6.07) is 8.29. The second-order valence-electron chi connectivity index (χ2n) is 8.01. The number of para-hydroxylation sites is 1. The fourth-order valence-corrected chi connectivity index (χ4v) is 5.63. The van der Waals surface area contributed by atoms with E-state index in [2.05, 4.69) is 16.7 Å². The molecule has 7 heteroatoms. The number of urea groups is 1. The van der Waals surface area contributed by atoms with Crippen LogP contribution in [0.5, 0.6) is 0 Å². The lowest BCUT2D eigenvalue weighted by molar-refractivity contribution is -0.929. The number of nitrogens with zero attached hydrogens (tertiary/aromatic N) is 1. The van der Waals surface area contributed by atoms with Gasteiger partial charge in [-0.15, -0.1) is 11.3 Å². The van der Waals surface area contributed by atoms with Gasteiger partial charge in [0.15, 0.2) is 11.6 Å². The van der Waals surface area contributed by atoms with Gasteiger partial charge in [-0.25, -0.2) is 9.78 Å². The van der Waals surface area contributed by atoms with E-state index in [1.807, 2.05) is 18.2 Å². The third kappa shape index (κ3) is 4.70. The monoisotopic (exact) mass is 401 g/mol. The number of carbonyl (C=O) groups excluding carboxylic acids is 2. The predicted octanol–water partition coefficient (Wildman–Crippen LogP) is 2.56. The van der Waals surface area contributed by atoms with Crippen LogP contribution >= 0.6 is 11.3 Å². The Balaban J connectivity index is 1.36. The van der Waals surface area contributed by atoms with Gasteiger partial charge in [0.2, 0.25) is 0 Å². The van der Waals surface area contributed by atoms with Crippen molar-refractivity contribution in [3.63, 3.8) is 0 Å². The van der Waals surface area contributed by atoms with E-state index in [-0.39, 0.29) is 24.0 Å². The Morgan fingerprint density at radius 3 is 2.68 bits per heavy atom. The highest BCUT2D eigenvalue weighted by molar-refractivity contribution is 7.18.